The Balaban J connectivity index is 1.66. The van der Waals surface area contributed by atoms with E-state index in [0.717, 1.165) is 51.6 Å². The summed E-state index contributed by atoms with van der Waals surface area (Å²) in [5.41, 5.74) is 0.834. The van der Waals surface area contributed by atoms with Gasteiger partial charge in [0.1, 0.15) is 0 Å². The number of fused-ring (bicyclic) bond motifs is 1. The Bertz CT molecular complexity index is 711. The van der Waals surface area contributed by atoms with Crippen molar-refractivity contribution in [3.63, 3.8) is 0 Å². The second-order valence-corrected chi connectivity index (χ2v) is 6.91. The Kier molecular flexibility index (Phi) is 7.13. The van der Waals surface area contributed by atoms with Crippen LogP contribution in [0.15, 0.2) is 4.63 Å². The third-order valence-corrected chi connectivity index (χ3v) is 4.79. The summed E-state index contributed by atoms with van der Waals surface area (Å²) >= 11 is 0. The van der Waals surface area contributed by atoms with Crippen LogP contribution in [0.2, 0.25) is 0 Å². The van der Waals surface area contributed by atoms with Crippen LogP contribution in [0.25, 0.3) is 11.3 Å². The summed E-state index contributed by atoms with van der Waals surface area (Å²) in [6.45, 7) is 6.29. The summed E-state index contributed by atoms with van der Waals surface area (Å²) in [7, 11) is 5.49. The molecule has 1 atom stereocenters. The maximum absolute atomic E-state index is 5.18. The van der Waals surface area contributed by atoms with Crippen molar-refractivity contribution in [1.29, 1.82) is 0 Å². The highest BCUT2D eigenvalue weighted by Gasteiger charge is 2.25. The smallest absolute Gasteiger partial charge is 0.245 e. The van der Waals surface area contributed by atoms with Gasteiger partial charge in [-0.2, -0.15) is 0 Å². The third-order valence-electron chi connectivity index (χ3n) is 4.79. The van der Waals surface area contributed by atoms with Gasteiger partial charge in [-0.05, 0) is 35.6 Å². The minimum absolute atomic E-state index is 0.410. The largest absolute Gasteiger partial charge is 0.385 e. The minimum Gasteiger partial charge on any atom is -0.385 e. The fourth-order valence-electron chi connectivity index (χ4n) is 3.40. The van der Waals surface area contributed by atoms with Crippen LogP contribution in [-0.2, 0) is 9.47 Å². The van der Waals surface area contributed by atoms with Crippen molar-refractivity contribution < 1.29 is 14.1 Å². The molecule has 0 radical (unpaired) electrons. The zero-order valence-electron chi connectivity index (χ0n) is 16.3. The lowest BCUT2D eigenvalue weighted by atomic mass is 10.1. The number of likely N-dealkylation sites (tertiary alicyclic amines) is 1. The molecule has 3 rings (SSSR count). The molecule has 3 heterocycles. The van der Waals surface area contributed by atoms with E-state index in [-0.39, 0.29) is 0 Å². The lowest BCUT2D eigenvalue weighted by Gasteiger charge is -2.24. The number of anilines is 2. The molecule has 27 heavy (non-hydrogen) atoms. The zero-order valence-corrected chi connectivity index (χ0v) is 16.3. The van der Waals surface area contributed by atoms with E-state index in [4.69, 9.17) is 14.1 Å². The molecule has 2 aromatic heterocycles. The molecule has 1 unspecified atom stereocenters. The summed E-state index contributed by atoms with van der Waals surface area (Å²) in [6, 6.07) is 0. The quantitative estimate of drug-likeness (QED) is 0.566. The van der Waals surface area contributed by atoms with Crippen molar-refractivity contribution in [2.45, 2.75) is 12.8 Å². The van der Waals surface area contributed by atoms with Crippen LogP contribution in [0, 0.1) is 5.92 Å². The van der Waals surface area contributed by atoms with Crippen molar-refractivity contribution in [2.75, 3.05) is 77.4 Å². The van der Waals surface area contributed by atoms with Crippen molar-refractivity contribution in [1.82, 2.24) is 25.2 Å². The predicted molar refractivity (Wildman–Crippen MR) is 102 cm³/mol. The van der Waals surface area contributed by atoms with Crippen molar-refractivity contribution >= 4 is 22.9 Å². The molecule has 1 fully saturated rings. The number of ether oxygens (including phenoxy) is 2. The highest BCUT2D eigenvalue weighted by Crippen LogP contribution is 2.25. The molecule has 0 saturated carbocycles. The number of aromatic nitrogens is 4. The Morgan fingerprint density at radius 1 is 1.19 bits per heavy atom. The maximum atomic E-state index is 5.18. The van der Waals surface area contributed by atoms with Crippen LogP contribution < -0.4 is 10.2 Å². The van der Waals surface area contributed by atoms with Gasteiger partial charge < -0.3 is 24.6 Å². The second-order valence-electron chi connectivity index (χ2n) is 6.91. The monoisotopic (exact) mass is 379 g/mol. The normalized spacial score (nSPS) is 17.7. The van der Waals surface area contributed by atoms with Gasteiger partial charge in [-0.25, -0.2) is 14.6 Å². The summed E-state index contributed by atoms with van der Waals surface area (Å²) in [5.74, 6) is 2.05. The van der Waals surface area contributed by atoms with Crippen LogP contribution >= 0.6 is 0 Å². The van der Waals surface area contributed by atoms with E-state index in [1.807, 2.05) is 7.05 Å². The Labute approximate surface area is 159 Å². The van der Waals surface area contributed by atoms with E-state index in [9.17, 15) is 0 Å². The van der Waals surface area contributed by atoms with Gasteiger partial charge in [0, 0.05) is 54.1 Å². The molecule has 10 nitrogen and oxygen atoms in total. The molecular formula is C17H29N7O3. The first-order valence-corrected chi connectivity index (χ1v) is 9.36. The van der Waals surface area contributed by atoms with E-state index in [1.165, 1.54) is 6.42 Å². The highest BCUT2D eigenvalue weighted by atomic mass is 16.6. The first-order chi connectivity index (χ1) is 13.2. The van der Waals surface area contributed by atoms with Gasteiger partial charge >= 0.3 is 0 Å². The first-order valence-electron chi connectivity index (χ1n) is 9.36. The molecule has 0 amide bonds. The van der Waals surface area contributed by atoms with Gasteiger partial charge in [0.25, 0.3) is 0 Å². The summed E-state index contributed by atoms with van der Waals surface area (Å²) in [4.78, 5) is 13.7. The van der Waals surface area contributed by atoms with Gasteiger partial charge in [-0.1, -0.05) is 0 Å². The number of nitrogens with one attached hydrogen (secondary N) is 1. The zero-order chi connectivity index (χ0) is 19.1. The van der Waals surface area contributed by atoms with Crippen LogP contribution in [0.3, 0.4) is 0 Å². The summed E-state index contributed by atoms with van der Waals surface area (Å²) in [6.07, 6.45) is 2.05. The average Bonchev–Trinajstić information content (AvgIpc) is 3.31. The minimum atomic E-state index is 0.410. The fourth-order valence-corrected chi connectivity index (χ4v) is 3.40. The van der Waals surface area contributed by atoms with Crippen molar-refractivity contribution in [3.05, 3.63) is 0 Å². The Morgan fingerprint density at radius 2 is 1.96 bits per heavy atom. The topological polar surface area (TPSA) is 102 Å². The molecular weight excluding hydrogens is 350 g/mol. The summed E-state index contributed by atoms with van der Waals surface area (Å²) in [5, 5.41) is 11.0. The Hall–Kier alpha value is -2.04. The van der Waals surface area contributed by atoms with Gasteiger partial charge in [0.2, 0.25) is 11.3 Å². The number of methoxy groups -OCH3 is 2. The lowest BCUT2D eigenvalue weighted by Crippen LogP contribution is -2.30. The number of hydrogen-bond donors (Lipinski definition) is 1. The van der Waals surface area contributed by atoms with Gasteiger partial charge in [0.05, 0.1) is 6.61 Å². The maximum Gasteiger partial charge on any atom is 0.245 e. The standard InChI is InChI=1S/C17H29N7O3/c1-23(11-13-5-7-24(12-13)8-10-26-3)17-16(18-6-4-9-25-2)19-14-15(20-17)22-27-21-14/h13H,4-12H2,1-3H3,(H,18,19,21). The molecule has 0 spiro atoms. The Morgan fingerprint density at radius 3 is 2.74 bits per heavy atom. The molecule has 1 saturated heterocycles. The molecule has 0 aliphatic carbocycles. The van der Waals surface area contributed by atoms with Gasteiger partial charge in [0.15, 0.2) is 11.6 Å². The lowest BCUT2D eigenvalue weighted by molar-refractivity contribution is 0.159. The molecule has 10 heteroatoms. The van der Waals surface area contributed by atoms with Crippen LogP contribution in [0.4, 0.5) is 11.6 Å². The molecule has 1 aliphatic rings. The van der Waals surface area contributed by atoms with Crippen molar-refractivity contribution in [3.8, 4) is 0 Å². The number of hydrogen-bond acceptors (Lipinski definition) is 10. The van der Waals surface area contributed by atoms with E-state index in [0.29, 0.717) is 29.6 Å². The molecule has 0 bridgehead atoms. The molecule has 1 aliphatic heterocycles. The second kappa shape index (κ2) is 9.77. The predicted octanol–water partition coefficient (Wildman–Crippen LogP) is 0.866. The number of nitrogens with zero attached hydrogens (tertiary/aromatic N) is 6. The highest BCUT2D eigenvalue weighted by molar-refractivity contribution is 5.73. The third kappa shape index (κ3) is 5.24. The molecule has 1 N–H and O–H groups in total. The molecule has 2 aromatic rings. The molecule has 150 valence electrons. The van der Waals surface area contributed by atoms with Crippen molar-refractivity contribution in [2.24, 2.45) is 5.92 Å². The number of rotatable bonds is 11. The van der Waals surface area contributed by atoms with Crippen LogP contribution in [-0.4, -0.2) is 92.4 Å². The van der Waals surface area contributed by atoms with Crippen LogP contribution in [0.1, 0.15) is 12.8 Å². The average molecular weight is 379 g/mol. The SMILES string of the molecule is COCCCNc1nc2nonc2nc1N(C)CC1CCN(CCOC)C1. The summed E-state index contributed by atoms with van der Waals surface area (Å²) < 4.78 is 15.1. The van der Waals surface area contributed by atoms with E-state index in [1.54, 1.807) is 14.2 Å². The molecule has 0 aromatic carbocycles. The first kappa shape index (κ1) is 19.7. The fraction of sp³-hybridized carbons (Fsp3) is 0.765. The van der Waals surface area contributed by atoms with E-state index >= 15 is 0 Å². The van der Waals surface area contributed by atoms with E-state index < -0.39 is 0 Å². The van der Waals surface area contributed by atoms with Crippen LogP contribution in [0.5, 0.6) is 0 Å². The van der Waals surface area contributed by atoms with E-state index in [2.05, 4.69) is 35.4 Å². The van der Waals surface area contributed by atoms with Gasteiger partial charge in [-0.15, -0.1) is 0 Å². The van der Waals surface area contributed by atoms with Gasteiger partial charge in [-0.3, -0.25) is 0 Å².